The van der Waals surface area contributed by atoms with Crippen molar-refractivity contribution in [3.63, 3.8) is 0 Å². The SMILES string of the molecule is N#Cc1ccc2c(c1)C=CCN=C2. The minimum atomic E-state index is 0.693. The number of aliphatic imine (C=N–C) groups is 1. The van der Waals surface area contributed by atoms with Gasteiger partial charge in [0.15, 0.2) is 0 Å². The second-order valence-corrected chi connectivity index (χ2v) is 2.85. The van der Waals surface area contributed by atoms with Crippen LogP contribution in [0, 0.1) is 11.3 Å². The average Bonchev–Trinajstić information content (AvgIpc) is 2.41. The monoisotopic (exact) mass is 168 g/mol. The fourth-order valence-corrected chi connectivity index (χ4v) is 1.30. The number of nitrogens with zero attached hydrogens (tertiary/aromatic N) is 2. The minimum Gasteiger partial charge on any atom is -0.288 e. The largest absolute Gasteiger partial charge is 0.288 e. The van der Waals surface area contributed by atoms with E-state index in [0.29, 0.717) is 5.56 Å². The number of benzene rings is 1. The van der Waals surface area contributed by atoms with Gasteiger partial charge in [-0.2, -0.15) is 5.26 Å². The highest BCUT2D eigenvalue weighted by atomic mass is 14.7. The van der Waals surface area contributed by atoms with Gasteiger partial charge in [0.05, 0.1) is 18.2 Å². The van der Waals surface area contributed by atoms with Crippen LogP contribution in [-0.2, 0) is 0 Å². The van der Waals surface area contributed by atoms with Crippen LogP contribution in [0.5, 0.6) is 0 Å². The van der Waals surface area contributed by atoms with E-state index in [1.165, 1.54) is 0 Å². The molecule has 0 aromatic heterocycles. The highest BCUT2D eigenvalue weighted by molar-refractivity contribution is 5.86. The van der Waals surface area contributed by atoms with Crippen molar-refractivity contribution < 1.29 is 0 Å². The Morgan fingerprint density at radius 2 is 2.23 bits per heavy atom. The van der Waals surface area contributed by atoms with Gasteiger partial charge in [0.2, 0.25) is 0 Å². The van der Waals surface area contributed by atoms with Gasteiger partial charge in [-0.1, -0.05) is 18.2 Å². The fourth-order valence-electron chi connectivity index (χ4n) is 1.30. The lowest BCUT2D eigenvalue weighted by atomic mass is 10.1. The lowest BCUT2D eigenvalue weighted by molar-refractivity contribution is 1.27. The molecule has 0 fully saturated rings. The van der Waals surface area contributed by atoms with E-state index in [-0.39, 0.29) is 0 Å². The normalized spacial score (nSPS) is 13.2. The third kappa shape index (κ3) is 1.50. The summed E-state index contributed by atoms with van der Waals surface area (Å²) in [6, 6.07) is 7.73. The second kappa shape index (κ2) is 3.24. The van der Waals surface area contributed by atoms with E-state index in [1.807, 2.05) is 36.6 Å². The van der Waals surface area contributed by atoms with Crippen molar-refractivity contribution >= 4 is 12.3 Å². The molecule has 62 valence electrons. The van der Waals surface area contributed by atoms with E-state index in [9.17, 15) is 0 Å². The van der Waals surface area contributed by atoms with E-state index < -0.39 is 0 Å². The third-order valence-corrected chi connectivity index (χ3v) is 1.95. The van der Waals surface area contributed by atoms with Crippen molar-refractivity contribution in [2.24, 2.45) is 4.99 Å². The second-order valence-electron chi connectivity index (χ2n) is 2.85. The summed E-state index contributed by atoms with van der Waals surface area (Å²) in [7, 11) is 0. The first kappa shape index (κ1) is 7.75. The van der Waals surface area contributed by atoms with Gasteiger partial charge in [-0.3, -0.25) is 4.99 Å². The molecule has 0 radical (unpaired) electrons. The maximum Gasteiger partial charge on any atom is 0.0991 e. The van der Waals surface area contributed by atoms with E-state index in [1.54, 1.807) is 0 Å². The first-order valence-electron chi connectivity index (χ1n) is 4.10. The summed E-state index contributed by atoms with van der Waals surface area (Å²) in [4.78, 5) is 4.17. The Morgan fingerprint density at radius 1 is 1.31 bits per heavy atom. The molecule has 1 aliphatic heterocycles. The number of hydrogen-bond acceptors (Lipinski definition) is 2. The van der Waals surface area contributed by atoms with Crippen LogP contribution in [0.4, 0.5) is 0 Å². The summed E-state index contributed by atoms with van der Waals surface area (Å²) >= 11 is 0. The standard InChI is InChI=1S/C11H8N2/c12-7-9-3-4-11-8-13-5-1-2-10(11)6-9/h1-4,6,8H,5H2. The number of hydrogen-bond donors (Lipinski definition) is 0. The Bertz CT molecular complexity index is 422. The predicted octanol–water partition coefficient (Wildman–Crippen LogP) is 2.00. The zero-order chi connectivity index (χ0) is 9.10. The Balaban J connectivity index is 2.58. The van der Waals surface area contributed by atoms with Crippen LogP contribution in [0.15, 0.2) is 29.3 Å². The molecule has 0 N–H and O–H groups in total. The molecule has 2 rings (SSSR count). The average molecular weight is 168 g/mol. The summed E-state index contributed by atoms with van der Waals surface area (Å²) in [5, 5.41) is 8.70. The number of fused-ring (bicyclic) bond motifs is 1. The van der Waals surface area contributed by atoms with Gasteiger partial charge >= 0.3 is 0 Å². The Morgan fingerprint density at radius 3 is 3.08 bits per heavy atom. The molecule has 0 atom stereocenters. The first-order chi connectivity index (χ1) is 6.40. The van der Waals surface area contributed by atoms with Gasteiger partial charge in [-0.25, -0.2) is 0 Å². The van der Waals surface area contributed by atoms with Crippen LogP contribution in [0.25, 0.3) is 6.08 Å². The van der Waals surface area contributed by atoms with Gasteiger partial charge in [0.1, 0.15) is 0 Å². The molecule has 0 saturated carbocycles. The summed E-state index contributed by atoms with van der Waals surface area (Å²) in [6.45, 7) is 0.719. The number of rotatable bonds is 0. The van der Waals surface area contributed by atoms with Gasteiger partial charge in [0, 0.05) is 6.21 Å². The molecule has 1 aliphatic rings. The molecule has 13 heavy (non-hydrogen) atoms. The van der Waals surface area contributed by atoms with Crippen molar-refractivity contribution in [1.29, 1.82) is 5.26 Å². The molecule has 0 spiro atoms. The quantitative estimate of drug-likeness (QED) is 0.583. The lowest BCUT2D eigenvalue weighted by Crippen LogP contribution is -1.86. The van der Waals surface area contributed by atoms with Gasteiger partial charge < -0.3 is 0 Å². The van der Waals surface area contributed by atoms with E-state index in [4.69, 9.17) is 5.26 Å². The summed E-state index contributed by atoms with van der Waals surface area (Å²) in [5.41, 5.74) is 2.84. The maximum absolute atomic E-state index is 8.70. The lowest BCUT2D eigenvalue weighted by Gasteiger charge is -1.98. The van der Waals surface area contributed by atoms with Crippen LogP contribution in [0.2, 0.25) is 0 Å². The van der Waals surface area contributed by atoms with Crippen LogP contribution >= 0.6 is 0 Å². The molecule has 0 bridgehead atoms. The van der Waals surface area contributed by atoms with Crippen LogP contribution in [0.1, 0.15) is 16.7 Å². The van der Waals surface area contributed by atoms with Crippen molar-refractivity contribution in [2.75, 3.05) is 6.54 Å². The Kier molecular flexibility index (Phi) is 1.93. The maximum atomic E-state index is 8.70. The van der Waals surface area contributed by atoms with Gasteiger partial charge in [-0.05, 0) is 23.3 Å². The molecule has 1 aromatic carbocycles. The molecule has 2 heteroatoms. The van der Waals surface area contributed by atoms with Crippen molar-refractivity contribution in [2.45, 2.75) is 0 Å². The molecule has 0 unspecified atom stereocenters. The van der Waals surface area contributed by atoms with Crippen LogP contribution in [-0.4, -0.2) is 12.8 Å². The summed E-state index contributed by atoms with van der Waals surface area (Å²) < 4.78 is 0. The van der Waals surface area contributed by atoms with Crippen molar-refractivity contribution in [1.82, 2.24) is 0 Å². The van der Waals surface area contributed by atoms with Gasteiger partial charge in [-0.15, -0.1) is 0 Å². The van der Waals surface area contributed by atoms with Crippen LogP contribution in [0.3, 0.4) is 0 Å². The number of nitriles is 1. The van der Waals surface area contributed by atoms with Crippen LogP contribution < -0.4 is 0 Å². The Hall–Kier alpha value is -1.88. The van der Waals surface area contributed by atoms with Crippen molar-refractivity contribution in [3.8, 4) is 6.07 Å². The Labute approximate surface area is 76.8 Å². The summed E-state index contributed by atoms with van der Waals surface area (Å²) in [6.07, 6.45) is 5.84. The fraction of sp³-hybridized carbons (Fsp3) is 0.0909. The highest BCUT2D eigenvalue weighted by Gasteiger charge is 2.00. The zero-order valence-corrected chi connectivity index (χ0v) is 7.07. The molecule has 0 saturated heterocycles. The molecular formula is C11H8N2. The summed E-state index contributed by atoms with van der Waals surface area (Å²) in [5.74, 6) is 0. The predicted molar refractivity (Wildman–Crippen MR) is 52.7 cm³/mol. The van der Waals surface area contributed by atoms with Gasteiger partial charge in [0.25, 0.3) is 0 Å². The molecule has 0 amide bonds. The van der Waals surface area contributed by atoms with E-state index in [2.05, 4.69) is 11.1 Å². The molecule has 1 aromatic rings. The highest BCUT2D eigenvalue weighted by Crippen LogP contribution is 2.13. The van der Waals surface area contributed by atoms with E-state index in [0.717, 1.165) is 17.7 Å². The van der Waals surface area contributed by atoms with E-state index >= 15 is 0 Å². The first-order valence-corrected chi connectivity index (χ1v) is 4.10. The topological polar surface area (TPSA) is 36.1 Å². The smallest absolute Gasteiger partial charge is 0.0991 e. The van der Waals surface area contributed by atoms with Crippen molar-refractivity contribution in [3.05, 3.63) is 41.0 Å². The molecule has 0 aliphatic carbocycles. The molecule has 1 heterocycles. The minimum absolute atomic E-state index is 0.693. The third-order valence-electron chi connectivity index (χ3n) is 1.95. The molecular weight excluding hydrogens is 160 g/mol. The zero-order valence-electron chi connectivity index (χ0n) is 7.07. The molecule has 2 nitrogen and oxygen atoms in total.